The summed E-state index contributed by atoms with van der Waals surface area (Å²) < 4.78 is 15.7. The van der Waals surface area contributed by atoms with Gasteiger partial charge < -0.3 is 19.5 Å². The Hall–Kier alpha value is -4.08. The van der Waals surface area contributed by atoms with Crippen LogP contribution in [-0.4, -0.2) is 44.8 Å². The topological polar surface area (TPSA) is 115 Å². The van der Waals surface area contributed by atoms with E-state index in [1.165, 1.54) is 44.7 Å². The van der Waals surface area contributed by atoms with Crippen LogP contribution in [0.4, 0.5) is 0 Å². The minimum absolute atomic E-state index is 0.177. The second-order valence-electron chi connectivity index (χ2n) is 7.13. The van der Waals surface area contributed by atoms with Crippen LogP contribution in [0.5, 0.6) is 17.2 Å². The fourth-order valence-electron chi connectivity index (χ4n) is 2.85. The first-order valence-electron chi connectivity index (χ1n) is 10.4. The molecular weight excluding hydrogens is 509 g/mol. The average molecular weight is 530 g/mol. The van der Waals surface area contributed by atoms with Crippen molar-refractivity contribution in [2.45, 2.75) is 0 Å². The van der Waals surface area contributed by atoms with Crippen LogP contribution in [-0.2, 0) is 4.79 Å². The zero-order valence-electron chi connectivity index (χ0n) is 19.2. The van der Waals surface area contributed by atoms with Crippen LogP contribution >= 0.6 is 23.2 Å². The van der Waals surface area contributed by atoms with Gasteiger partial charge in [-0.15, -0.1) is 0 Å². The second kappa shape index (κ2) is 12.6. The first-order chi connectivity index (χ1) is 17.3. The van der Waals surface area contributed by atoms with Crippen LogP contribution in [0.2, 0.25) is 10.0 Å². The maximum atomic E-state index is 12.4. The maximum absolute atomic E-state index is 12.4. The predicted molar refractivity (Wildman–Crippen MR) is 135 cm³/mol. The number of nitrogens with zero attached hydrogens (tertiary/aromatic N) is 1. The first-order valence-corrected chi connectivity index (χ1v) is 11.2. The molecule has 0 radical (unpaired) electrons. The summed E-state index contributed by atoms with van der Waals surface area (Å²) in [4.78, 5) is 36.5. The van der Waals surface area contributed by atoms with E-state index in [0.29, 0.717) is 21.9 Å². The SMILES string of the molecule is COc1ccc(C(=O)NCC(=O)N/N=C\c2ccc(OC(=O)c3ccc(Cl)c(Cl)c3)c(OC)c2)cc1. The van der Waals surface area contributed by atoms with Crippen LogP contribution < -0.4 is 25.0 Å². The van der Waals surface area contributed by atoms with Gasteiger partial charge in [0.1, 0.15) is 5.75 Å². The number of amides is 2. The van der Waals surface area contributed by atoms with Crippen LogP contribution in [0, 0.1) is 0 Å². The molecule has 3 rings (SSSR count). The molecule has 0 saturated carbocycles. The van der Waals surface area contributed by atoms with Gasteiger partial charge in [-0.3, -0.25) is 9.59 Å². The normalized spacial score (nSPS) is 10.6. The molecule has 36 heavy (non-hydrogen) atoms. The first kappa shape index (κ1) is 26.5. The number of rotatable bonds is 9. The van der Waals surface area contributed by atoms with Gasteiger partial charge in [0.2, 0.25) is 0 Å². The molecule has 0 unspecified atom stereocenters. The molecule has 9 nitrogen and oxygen atoms in total. The summed E-state index contributed by atoms with van der Waals surface area (Å²) in [6.45, 7) is -0.269. The Morgan fingerprint density at radius 3 is 2.25 bits per heavy atom. The lowest BCUT2D eigenvalue weighted by molar-refractivity contribution is -0.120. The molecule has 0 aliphatic carbocycles. The van der Waals surface area contributed by atoms with Gasteiger partial charge in [0.05, 0.1) is 42.6 Å². The quantitative estimate of drug-likeness (QED) is 0.186. The molecule has 0 heterocycles. The molecule has 3 aromatic carbocycles. The van der Waals surface area contributed by atoms with E-state index in [0.717, 1.165) is 0 Å². The summed E-state index contributed by atoms with van der Waals surface area (Å²) in [5.74, 6) is -0.508. The van der Waals surface area contributed by atoms with Crippen molar-refractivity contribution >= 4 is 47.2 Å². The molecule has 0 fully saturated rings. The monoisotopic (exact) mass is 529 g/mol. The smallest absolute Gasteiger partial charge is 0.343 e. The number of esters is 1. The van der Waals surface area contributed by atoms with E-state index in [1.807, 2.05) is 0 Å². The van der Waals surface area contributed by atoms with Gasteiger partial charge in [0.15, 0.2) is 11.5 Å². The summed E-state index contributed by atoms with van der Waals surface area (Å²) in [6.07, 6.45) is 1.37. The number of carbonyl (C=O) groups excluding carboxylic acids is 3. The minimum Gasteiger partial charge on any atom is -0.497 e. The van der Waals surface area contributed by atoms with Crippen molar-refractivity contribution < 1.29 is 28.6 Å². The lowest BCUT2D eigenvalue weighted by Gasteiger charge is -2.10. The van der Waals surface area contributed by atoms with Gasteiger partial charge in [-0.2, -0.15) is 5.10 Å². The van der Waals surface area contributed by atoms with E-state index in [-0.39, 0.29) is 28.6 Å². The van der Waals surface area contributed by atoms with Crippen LogP contribution in [0.25, 0.3) is 0 Å². The summed E-state index contributed by atoms with van der Waals surface area (Å²) in [5, 5.41) is 6.91. The van der Waals surface area contributed by atoms with E-state index >= 15 is 0 Å². The summed E-state index contributed by atoms with van der Waals surface area (Å²) in [6, 6.07) is 15.6. The van der Waals surface area contributed by atoms with Crippen molar-refractivity contribution in [2.75, 3.05) is 20.8 Å². The predicted octanol–water partition coefficient (Wildman–Crippen LogP) is 4.11. The van der Waals surface area contributed by atoms with Crippen LogP contribution in [0.1, 0.15) is 26.3 Å². The molecule has 11 heteroatoms. The fraction of sp³-hybridized carbons (Fsp3) is 0.120. The molecule has 0 bridgehead atoms. The second-order valence-corrected chi connectivity index (χ2v) is 7.95. The van der Waals surface area contributed by atoms with E-state index in [4.69, 9.17) is 37.4 Å². The number of hydrogen-bond donors (Lipinski definition) is 2. The van der Waals surface area contributed by atoms with E-state index in [2.05, 4.69) is 15.8 Å². The third-order valence-electron chi connectivity index (χ3n) is 4.71. The lowest BCUT2D eigenvalue weighted by Crippen LogP contribution is -2.34. The molecule has 0 saturated heterocycles. The highest BCUT2D eigenvalue weighted by Crippen LogP contribution is 2.29. The molecule has 0 atom stereocenters. The van der Waals surface area contributed by atoms with Gasteiger partial charge >= 0.3 is 5.97 Å². The molecule has 0 aliphatic heterocycles. The van der Waals surface area contributed by atoms with Gasteiger partial charge in [-0.1, -0.05) is 23.2 Å². The summed E-state index contributed by atoms with van der Waals surface area (Å²) in [5.41, 5.74) is 3.49. The Kier molecular flexibility index (Phi) is 9.26. The van der Waals surface area contributed by atoms with Crippen molar-refractivity contribution in [2.24, 2.45) is 5.10 Å². The minimum atomic E-state index is -0.641. The maximum Gasteiger partial charge on any atom is 0.343 e. The number of ether oxygens (including phenoxy) is 3. The van der Waals surface area contributed by atoms with E-state index < -0.39 is 17.8 Å². The molecule has 186 valence electrons. The molecule has 2 N–H and O–H groups in total. The Labute approximate surface area is 216 Å². The number of nitrogens with one attached hydrogen (secondary N) is 2. The highest BCUT2D eigenvalue weighted by atomic mass is 35.5. The largest absolute Gasteiger partial charge is 0.497 e. The Morgan fingerprint density at radius 1 is 0.861 bits per heavy atom. The number of hydrogen-bond acceptors (Lipinski definition) is 7. The molecule has 0 spiro atoms. The highest BCUT2D eigenvalue weighted by molar-refractivity contribution is 6.42. The number of hydrazone groups is 1. The number of halogens is 2. The Balaban J connectivity index is 1.54. The molecule has 2 amide bonds. The number of carbonyl (C=O) groups is 3. The molecule has 3 aromatic rings. The lowest BCUT2D eigenvalue weighted by atomic mass is 10.2. The Bertz CT molecular complexity index is 1300. The van der Waals surface area contributed by atoms with Crippen molar-refractivity contribution in [3.8, 4) is 17.2 Å². The van der Waals surface area contributed by atoms with Crippen molar-refractivity contribution in [1.82, 2.24) is 10.7 Å². The van der Waals surface area contributed by atoms with E-state index in [9.17, 15) is 14.4 Å². The summed E-state index contributed by atoms with van der Waals surface area (Å²) in [7, 11) is 2.94. The number of methoxy groups -OCH3 is 2. The Morgan fingerprint density at radius 2 is 1.58 bits per heavy atom. The molecule has 0 aromatic heterocycles. The van der Waals surface area contributed by atoms with Crippen LogP contribution in [0.15, 0.2) is 65.8 Å². The van der Waals surface area contributed by atoms with Gasteiger partial charge in [-0.25, -0.2) is 10.2 Å². The van der Waals surface area contributed by atoms with Crippen LogP contribution in [0.3, 0.4) is 0 Å². The third-order valence-corrected chi connectivity index (χ3v) is 5.45. The van der Waals surface area contributed by atoms with Gasteiger partial charge in [0, 0.05) is 5.56 Å². The van der Waals surface area contributed by atoms with Crippen molar-refractivity contribution in [1.29, 1.82) is 0 Å². The third kappa shape index (κ3) is 7.21. The standard InChI is InChI=1S/C25H21Cl2N3O6/c1-34-18-7-4-16(5-8-18)24(32)28-14-23(31)30-29-13-15-3-10-21(22(11-15)35-2)36-25(33)17-6-9-19(26)20(27)12-17/h3-13H,14H2,1-2H3,(H,28,32)(H,30,31)/b29-13-. The highest BCUT2D eigenvalue weighted by Gasteiger charge is 2.14. The zero-order valence-corrected chi connectivity index (χ0v) is 20.7. The average Bonchev–Trinajstić information content (AvgIpc) is 2.89. The van der Waals surface area contributed by atoms with E-state index in [1.54, 1.807) is 36.4 Å². The van der Waals surface area contributed by atoms with Crippen molar-refractivity contribution in [3.05, 3.63) is 87.4 Å². The fourth-order valence-corrected chi connectivity index (χ4v) is 3.15. The zero-order chi connectivity index (χ0) is 26.1. The van der Waals surface area contributed by atoms with Gasteiger partial charge in [0.25, 0.3) is 11.8 Å². The van der Waals surface area contributed by atoms with Gasteiger partial charge in [-0.05, 0) is 66.2 Å². The van der Waals surface area contributed by atoms with Crippen molar-refractivity contribution in [3.63, 3.8) is 0 Å². The molecular formula is C25H21Cl2N3O6. The number of benzene rings is 3. The summed E-state index contributed by atoms with van der Waals surface area (Å²) >= 11 is 11.8. The molecule has 0 aliphatic rings.